The van der Waals surface area contributed by atoms with Crippen LogP contribution in [-0.2, 0) is 16.1 Å². The maximum Gasteiger partial charge on any atom is 0.315 e. The standard InChI is InChI=1S/C18H19N5O4/c1-2-27-17(24)9-6-10-21-13-16(23(25)26)18(20-21)14-11-19-22(12-14)15-7-4-3-5-8-15/h3-5,7-8,11-13H,2,6,9-10H2,1H3. The molecule has 0 saturated carbocycles. The van der Waals surface area contributed by atoms with Crippen molar-refractivity contribution in [3.8, 4) is 16.9 Å². The Hall–Kier alpha value is -3.49. The van der Waals surface area contributed by atoms with Gasteiger partial charge in [-0.3, -0.25) is 19.6 Å². The van der Waals surface area contributed by atoms with E-state index in [1.54, 1.807) is 24.0 Å². The van der Waals surface area contributed by atoms with Crippen LogP contribution in [0, 0.1) is 10.1 Å². The third kappa shape index (κ3) is 4.38. The molecule has 0 saturated heterocycles. The van der Waals surface area contributed by atoms with Crippen LogP contribution < -0.4 is 0 Å². The molecule has 27 heavy (non-hydrogen) atoms. The van der Waals surface area contributed by atoms with Crippen LogP contribution in [0.1, 0.15) is 19.8 Å². The van der Waals surface area contributed by atoms with E-state index in [1.807, 2.05) is 30.3 Å². The van der Waals surface area contributed by atoms with Crippen LogP contribution in [0.4, 0.5) is 5.69 Å². The lowest BCUT2D eigenvalue weighted by molar-refractivity contribution is -0.384. The van der Waals surface area contributed by atoms with Crippen LogP contribution in [-0.4, -0.2) is 37.1 Å². The average molecular weight is 369 g/mol. The van der Waals surface area contributed by atoms with Gasteiger partial charge in [-0.25, -0.2) is 4.68 Å². The molecule has 0 bridgehead atoms. The Bertz CT molecular complexity index is 932. The van der Waals surface area contributed by atoms with Crippen molar-refractivity contribution in [3.63, 3.8) is 0 Å². The van der Waals surface area contributed by atoms with Crippen molar-refractivity contribution in [2.75, 3.05) is 6.61 Å². The lowest BCUT2D eigenvalue weighted by Gasteiger charge is -2.01. The number of para-hydroxylation sites is 1. The Labute approximate surface area is 155 Å². The van der Waals surface area contributed by atoms with Crippen LogP contribution in [0.15, 0.2) is 48.9 Å². The fourth-order valence-corrected chi connectivity index (χ4v) is 2.65. The molecule has 0 radical (unpaired) electrons. The van der Waals surface area contributed by atoms with Crippen LogP contribution in [0.5, 0.6) is 0 Å². The summed E-state index contributed by atoms with van der Waals surface area (Å²) in [6.45, 7) is 2.46. The van der Waals surface area contributed by atoms with E-state index in [1.165, 1.54) is 10.9 Å². The predicted molar refractivity (Wildman–Crippen MR) is 97.3 cm³/mol. The van der Waals surface area contributed by atoms with Crippen molar-refractivity contribution in [2.45, 2.75) is 26.3 Å². The number of carbonyl (C=O) groups excluding carboxylic acids is 1. The number of aryl methyl sites for hydroxylation is 1. The number of hydrogen-bond acceptors (Lipinski definition) is 6. The molecule has 0 N–H and O–H groups in total. The van der Waals surface area contributed by atoms with Gasteiger partial charge in [-0.1, -0.05) is 18.2 Å². The number of benzene rings is 1. The zero-order valence-electron chi connectivity index (χ0n) is 14.8. The van der Waals surface area contributed by atoms with E-state index in [9.17, 15) is 14.9 Å². The van der Waals surface area contributed by atoms with Crippen LogP contribution in [0.25, 0.3) is 16.9 Å². The normalized spacial score (nSPS) is 10.7. The highest BCUT2D eigenvalue weighted by Gasteiger charge is 2.22. The largest absolute Gasteiger partial charge is 0.466 e. The highest BCUT2D eigenvalue weighted by atomic mass is 16.6. The quantitative estimate of drug-likeness (QED) is 0.343. The van der Waals surface area contributed by atoms with E-state index in [2.05, 4.69) is 10.2 Å². The van der Waals surface area contributed by atoms with Gasteiger partial charge >= 0.3 is 11.7 Å². The van der Waals surface area contributed by atoms with Gasteiger partial charge in [-0.2, -0.15) is 10.2 Å². The molecule has 0 fully saturated rings. The molecule has 2 aromatic heterocycles. The molecular weight excluding hydrogens is 350 g/mol. The number of nitro groups is 1. The number of hydrogen-bond donors (Lipinski definition) is 0. The Kier molecular flexibility index (Phi) is 5.60. The van der Waals surface area contributed by atoms with Gasteiger partial charge in [0.2, 0.25) is 0 Å². The molecule has 1 aromatic carbocycles. The molecule has 0 aliphatic carbocycles. The molecule has 140 valence electrons. The van der Waals surface area contributed by atoms with Gasteiger partial charge in [0.25, 0.3) is 0 Å². The summed E-state index contributed by atoms with van der Waals surface area (Å²) < 4.78 is 7.99. The van der Waals surface area contributed by atoms with Gasteiger partial charge in [0.1, 0.15) is 6.20 Å². The van der Waals surface area contributed by atoms with Gasteiger partial charge in [0, 0.05) is 24.7 Å². The molecule has 9 nitrogen and oxygen atoms in total. The topological polar surface area (TPSA) is 105 Å². The predicted octanol–water partition coefficient (Wildman–Crippen LogP) is 2.99. The van der Waals surface area contributed by atoms with Gasteiger partial charge < -0.3 is 4.74 Å². The number of ether oxygens (including phenoxy) is 1. The summed E-state index contributed by atoms with van der Waals surface area (Å²) in [6.07, 6.45) is 5.35. The molecule has 0 unspecified atom stereocenters. The minimum atomic E-state index is -0.468. The summed E-state index contributed by atoms with van der Waals surface area (Å²) in [6, 6.07) is 9.45. The first-order valence-electron chi connectivity index (χ1n) is 8.56. The Morgan fingerprint density at radius 3 is 2.74 bits per heavy atom. The smallest absolute Gasteiger partial charge is 0.315 e. The van der Waals surface area contributed by atoms with E-state index in [0.29, 0.717) is 25.1 Å². The maximum absolute atomic E-state index is 11.4. The summed E-state index contributed by atoms with van der Waals surface area (Å²) in [5.41, 5.74) is 1.55. The van der Waals surface area contributed by atoms with Crippen molar-refractivity contribution in [1.29, 1.82) is 0 Å². The molecule has 0 spiro atoms. The van der Waals surface area contributed by atoms with Crippen molar-refractivity contribution in [3.05, 3.63) is 59.0 Å². The second kappa shape index (κ2) is 8.26. The summed E-state index contributed by atoms with van der Waals surface area (Å²) in [5.74, 6) is -0.288. The number of nitrogens with zero attached hydrogens (tertiary/aromatic N) is 5. The van der Waals surface area contributed by atoms with E-state index >= 15 is 0 Å². The second-order valence-corrected chi connectivity index (χ2v) is 5.80. The molecule has 3 aromatic rings. The lowest BCUT2D eigenvalue weighted by Crippen LogP contribution is -2.06. The SMILES string of the molecule is CCOC(=O)CCCn1cc([N+](=O)[O-])c(-c2cnn(-c3ccccc3)c2)n1. The minimum Gasteiger partial charge on any atom is -0.466 e. The van der Waals surface area contributed by atoms with Crippen molar-refractivity contribution in [2.24, 2.45) is 0 Å². The summed E-state index contributed by atoms with van der Waals surface area (Å²) in [7, 11) is 0. The molecule has 9 heteroatoms. The highest BCUT2D eigenvalue weighted by molar-refractivity contribution is 5.69. The number of carbonyl (C=O) groups is 1. The van der Waals surface area contributed by atoms with Crippen molar-refractivity contribution < 1.29 is 14.5 Å². The summed E-state index contributed by atoms with van der Waals surface area (Å²) in [4.78, 5) is 22.3. The first-order chi connectivity index (χ1) is 13.1. The zero-order chi connectivity index (χ0) is 19.2. The van der Waals surface area contributed by atoms with E-state index in [-0.39, 0.29) is 23.8 Å². The minimum absolute atomic E-state index is 0.0984. The fraction of sp³-hybridized carbons (Fsp3) is 0.278. The number of esters is 1. The van der Waals surface area contributed by atoms with Crippen LogP contribution >= 0.6 is 0 Å². The van der Waals surface area contributed by atoms with E-state index < -0.39 is 4.92 Å². The second-order valence-electron chi connectivity index (χ2n) is 5.80. The lowest BCUT2D eigenvalue weighted by atomic mass is 10.2. The Morgan fingerprint density at radius 1 is 1.26 bits per heavy atom. The first-order valence-corrected chi connectivity index (χ1v) is 8.56. The van der Waals surface area contributed by atoms with Gasteiger partial charge in [0.05, 0.1) is 23.4 Å². The summed E-state index contributed by atoms with van der Waals surface area (Å²) >= 11 is 0. The number of rotatable bonds is 8. The molecular formula is C18H19N5O4. The Morgan fingerprint density at radius 2 is 2.04 bits per heavy atom. The van der Waals surface area contributed by atoms with E-state index in [4.69, 9.17) is 4.74 Å². The average Bonchev–Trinajstić information content (AvgIpc) is 3.30. The van der Waals surface area contributed by atoms with E-state index in [0.717, 1.165) is 5.69 Å². The van der Waals surface area contributed by atoms with Crippen molar-refractivity contribution >= 4 is 11.7 Å². The molecule has 0 atom stereocenters. The maximum atomic E-state index is 11.4. The van der Waals surface area contributed by atoms with Crippen LogP contribution in [0.3, 0.4) is 0 Å². The monoisotopic (exact) mass is 369 g/mol. The van der Waals surface area contributed by atoms with Crippen molar-refractivity contribution in [1.82, 2.24) is 19.6 Å². The summed E-state index contributed by atoms with van der Waals surface area (Å²) in [5, 5.41) is 20.0. The molecule has 0 aliphatic rings. The number of aromatic nitrogens is 4. The zero-order valence-corrected chi connectivity index (χ0v) is 14.8. The van der Waals surface area contributed by atoms with Gasteiger partial charge in [0.15, 0.2) is 5.69 Å². The first kappa shape index (κ1) is 18.3. The third-order valence-electron chi connectivity index (χ3n) is 3.89. The highest BCUT2D eigenvalue weighted by Crippen LogP contribution is 2.28. The molecule has 0 aliphatic heterocycles. The molecule has 0 amide bonds. The molecule has 3 rings (SSSR count). The van der Waals surface area contributed by atoms with Gasteiger partial charge in [-0.05, 0) is 25.5 Å². The fourth-order valence-electron chi connectivity index (χ4n) is 2.65. The third-order valence-corrected chi connectivity index (χ3v) is 3.89. The molecule has 2 heterocycles. The van der Waals surface area contributed by atoms with Crippen LogP contribution in [0.2, 0.25) is 0 Å². The Balaban J connectivity index is 1.79. The van der Waals surface area contributed by atoms with Gasteiger partial charge in [-0.15, -0.1) is 0 Å².